The molecule has 0 atom stereocenters. The van der Waals surface area contributed by atoms with Gasteiger partial charge in [-0.1, -0.05) is 30.3 Å². The number of non-ortho nitro benzene ring substituents is 1. The van der Waals surface area contributed by atoms with Gasteiger partial charge in [-0.15, -0.1) is 0 Å². The normalized spacial score (nSPS) is 10.8. The molecule has 0 fully saturated rings. The fourth-order valence-electron chi connectivity index (χ4n) is 3.62. The standard InChI is InChI=1S/C25H21NO6/c1-16-21-10-9-20(31-15-18-13-19(26(28)29)8-11-23(18)30-2)14-24(21)32-25(27)22(16)12-17-6-4-3-5-7-17/h3-11,13-14H,12,15H2,1-2H3. The van der Waals surface area contributed by atoms with Crippen LogP contribution in [0.5, 0.6) is 11.5 Å². The highest BCUT2D eigenvalue weighted by atomic mass is 16.6. The van der Waals surface area contributed by atoms with Crippen LogP contribution < -0.4 is 15.1 Å². The number of ether oxygens (including phenoxy) is 2. The molecule has 1 heterocycles. The van der Waals surface area contributed by atoms with E-state index in [1.807, 2.05) is 43.3 Å². The minimum absolute atomic E-state index is 0.0459. The molecule has 0 aliphatic carbocycles. The molecule has 0 unspecified atom stereocenters. The number of hydrogen-bond acceptors (Lipinski definition) is 6. The molecule has 0 aliphatic heterocycles. The van der Waals surface area contributed by atoms with Crippen LogP contribution in [-0.4, -0.2) is 12.0 Å². The molecule has 7 nitrogen and oxygen atoms in total. The fourth-order valence-corrected chi connectivity index (χ4v) is 3.62. The summed E-state index contributed by atoms with van der Waals surface area (Å²) >= 11 is 0. The Morgan fingerprint density at radius 3 is 2.53 bits per heavy atom. The van der Waals surface area contributed by atoms with E-state index in [1.54, 1.807) is 12.1 Å². The molecule has 7 heteroatoms. The molecule has 32 heavy (non-hydrogen) atoms. The lowest BCUT2D eigenvalue weighted by Crippen LogP contribution is -2.11. The lowest BCUT2D eigenvalue weighted by atomic mass is 10.00. The van der Waals surface area contributed by atoms with E-state index in [0.717, 1.165) is 16.5 Å². The van der Waals surface area contributed by atoms with Crippen LogP contribution in [-0.2, 0) is 13.0 Å². The van der Waals surface area contributed by atoms with Crippen molar-refractivity contribution < 1.29 is 18.8 Å². The maximum atomic E-state index is 12.6. The van der Waals surface area contributed by atoms with E-state index in [9.17, 15) is 14.9 Å². The molecular weight excluding hydrogens is 410 g/mol. The van der Waals surface area contributed by atoms with E-state index in [4.69, 9.17) is 13.9 Å². The van der Waals surface area contributed by atoms with E-state index >= 15 is 0 Å². The number of nitro benzene ring substituents is 1. The van der Waals surface area contributed by atoms with Gasteiger partial charge >= 0.3 is 5.63 Å². The van der Waals surface area contributed by atoms with Crippen LogP contribution in [0.1, 0.15) is 22.3 Å². The Bertz CT molecular complexity index is 1340. The SMILES string of the molecule is COc1ccc([N+](=O)[O-])cc1COc1ccc2c(C)c(Cc3ccccc3)c(=O)oc2c1. The van der Waals surface area contributed by atoms with Gasteiger partial charge in [0.25, 0.3) is 5.69 Å². The molecule has 0 aliphatic rings. The Balaban J connectivity index is 1.61. The predicted molar refractivity (Wildman–Crippen MR) is 120 cm³/mol. The van der Waals surface area contributed by atoms with Gasteiger partial charge in [0.1, 0.15) is 23.7 Å². The first-order chi connectivity index (χ1) is 15.5. The third-order valence-corrected chi connectivity index (χ3v) is 5.35. The van der Waals surface area contributed by atoms with Gasteiger partial charge in [0.2, 0.25) is 0 Å². The van der Waals surface area contributed by atoms with Gasteiger partial charge < -0.3 is 13.9 Å². The van der Waals surface area contributed by atoms with E-state index in [1.165, 1.54) is 25.3 Å². The van der Waals surface area contributed by atoms with Crippen LogP contribution >= 0.6 is 0 Å². The van der Waals surface area contributed by atoms with Crippen LogP contribution in [0, 0.1) is 17.0 Å². The fraction of sp³-hybridized carbons (Fsp3) is 0.160. The van der Waals surface area contributed by atoms with Crippen molar-refractivity contribution in [2.24, 2.45) is 0 Å². The van der Waals surface area contributed by atoms with Crippen molar-refractivity contribution in [3.05, 3.63) is 110 Å². The second-order valence-electron chi connectivity index (χ2n) is 7.36. The summed E-state index contributed by atoms with van der Waals surface area (Å²) in [5.41, 5.74) is 3.07. The summed E-state index contributed by atoms with van der Waals surface area (Å²) < 4.78 is 16.7. The first-order valence-corrected chi connectivity index (χ1v) is 10.0. The van der Waals surface area contributed by atoms with Gasteiger partial charge in [-0.05, 0) is 36.2 Å². The summed E-state index contributed by atoms with van der Waals surface area (Å²) in [7, 11) is 1.49. The number of benzene rings is 3. The van der Waals surface area contributed by atoms with E-state index < -0.39 is 4.92 Å². The highest BCUT2D eigenvalue weighted by Crippen LogP contribution is 2.28. The lowest BCUT2D eigenvalue weighted by Gasteiger charge is -2.12. The van der Waals surface area contributed by atoms with Crippen molar-refractivity contribution in [1.82, 2.24) is 0 Å². The zero-order valence-electron chi connectivity index (χ0n) is 17.7. The van der Waals surface area contributed by atoms with Crippen LogP contribution in [0.15, 0.2) is 75.9 Å². The summed E-state index contributed by atoms with van der Waals surface area (Å²) in [6.45, 7) is 1.97. The number of rotatable bonds is 7. The first kappa shape index (κ1) is 21.1. The molecule has 0 N–H and O–H groups in total. The Morgan fingerprint density at radius 2 is 1.81 bits per heavy atom. The smallest absolute Gasteiger partial charge is 0.340 e. The maximum Gasteiger partial charge on any atom is 0.340 e. The zero-order valence-corrected chi connectivity index (χ0v) is 17.7. The number of fused-ring (bicyclic) bond motifs is 1. The highest BCUT2D eigenvalue weighted by molar-refractivity contribution is 5.82. The largest absolute Gasteiger partial charge is 0.496 e. The van der Waals surface area contributed by atoms with E-state index in [0.29, 0.717) is 34.6 Å². The zero-order chi connectivity index (χ0) is 22.7. The second-order valence-corrected chi connectivity index (χ2v) is 7.36. The van der Waals surface area contributed by atoms with Crippen LogP contribution in [0.3, 0.4) is 0 Å². The highest BCUT2D eigenvalue weighted by Gasteiger charge is 2.14. The lowest BCUT2D eigenvalue weighted by molar-refractivity contribution is -0.385. The molecule has 0 spiro atoms. The first-order valence-electron chi connectivity index (χ1n) is 10.0. The predicted octanol–water partition coefficient (Wildman–Crippen LogP) is 5.19. The van der Waals surface area contributed by atoms with Crippen molar-refractivity contribution in [3.8, 4) is 11.5 Å². The van der Waals surface area contributed by atoms with Crippen molar-refractivity contribution in [1.29, 1.82) is 0 Å². The Kier molecular flexibility index (Phi) is 5.89. The third-order valence-electron chi connectivity index (χ3n) is 5.35. The van der Waals surface area contributed by atoms with Gasteiger partial charge in [-0.3, -0.25) is 10.1 Å². The van der Waals surface area contributed by atoms with Gasteiger partial charge in [-0.2, -0.15) is 0 Å². The average molecular weight is 431 g/mol. The summed E-state index contributed by atoms with van der Waals surface area (Å²) in [6, 6.07) is 19.4. The summed E-state index contributed by atoms with van der Waals surface area (Å²) in [6.07, 6.45) is 0.496. The van der Waals surface area contributed by atoms with Gasteiger partial charge in [0, 0.05) is 41.1 Å². The summed E-state index contributed by atoms with van der Waals surface area (Å²) in [5.74, 6) is 0.966. The van der Waals surface area contributed by atoms with Gasteiger partial charge in [0.05, 0.1) is 12.0 Å². The molecule has 1 aromatic heterocycles. The van der Waals surface area contributed by atoms with Crippen molar-refractivity contribution >= 4 is 16.7 Å². The third kappa shape index (κ3) is 4.32. The molecular formula is C25H21NO6. The van der Waals surface area contributed by atoms with Crippen molar-refractivity contribution in [2.75, 3.05) is 7.11 Å². The van der Waals surface area contributed by atoms with Gasteiger partial charge in [0.15, 0.2) is 0 Å². The molecule has 0 saturated carbocycles. The second kappa shape index (κ2) is 8.93. The minimum atomic E-state index is -0.469. The topological polar surface area (TPSA) is 91.8 Å². The van der Waals surface area contributed by atoms with E-state index in [-0.39, 0.29) is 17.9 Å². The Hall–Kier alpha value is -4.13. The van der Waals surface area contributed by atoms with E-state index in [2.05, 4.69) is 0 Å². The maximum absolute atomic E-state index is 12.6. The average Bonchev–Trinajstić information content (AvgIpc) is 2.80. The van der Waals surface area contributed by atoms with Gasteiger partial charge in [-0.25, -0.2) is 4.79 Å². The number of aryl methyl sites for hydroxylation is 1. The summed E-state index contributed by atoms with van der Waals surface area (Å²) in [4.78, 5) is 23.2. The molecule has 0 saturated heterocycles. The molecule has 3 aromatic carbocycles. The minimum Gasteiger partial charge on any atom is -0.496 e. The number of nitrogens with zero attached hydrogens (tertiary/aromatic N) is 1. The molecule has 0 bridgehead atoms. The molecule has 0 amide bonds. The van der Waals surface area contributed by atoms with Crippen molar-refractivity contribution in [2.45, 2.75) is 20.0 Å². The van der Waals surface area contributed by atoms with Crippen LogP contribution in [0.2, 0.25) is 0 Å². The molecule has 4 rings (SSSR count). The molecule has 162 valence electrons. The van der Waals surface area contributed by atoms with Crippen LogP contribution in [0.4, 0.5) is 5.69 Å². The number of hydrogen-bond donors (Lipinski definition) is 0. The summed E-state index contributed by atoms with van der Waals surface area (Å²) in [5, 5.41) is 11.9. The molecule has 0 radical (unpaired) electrons. The number of methoxy groups -OCH3 is 1. The van der Waals surface area contributed by atoms with Crippen molar-refractivity contribution in [3.63, 3.8) is 0 Å². The van der Waals surface area contributed by atoms with Crippen LogP contribution in [0.25, 0.3) is 11.0 Å². The Labute approximate surface area is 184 Å². The Morgan fingerprint density at radius 1 is 1.03 bits per heavy atom. The monoisotopic (exact) mass is 431 g/mol. The number of nitro groups is 1. The quantitative estimate of drug-likeness (QED) is 0.227. The molecule has 4 aromatic rings.